The molecule has 0 fully saturated rings. The van der Waals surface area contributed by atoms with Gasteiger partial charge in [-0.15, -0.1) is 10.2 Å². The van der Waals surface area contributed by atoms with Crippen molar-refractivity contribution in [2.75, 3.05) is 5.32 Å². The second kappa shape index (κ2) is 8.59. The van der Waals surface area contributed by atoms with Gasteiger partial charge in [-0.1, -0.05) is 82.3 Å². The third-order valence-corrected chi connectivity index (χ3v) is 6.30. The fourth-order valence-electron chi connectivity index (χ4n) is 2.70. The standard InChI is InChI=1S/C21H18N4O2S2/c1-13-8-9-14(2)16(10-13)12-28-21-24-23-20(29-21)22-19(26)17-11-18(27-25-17)15-6-4-3-5-7-15/h3-11H,12H2,1-2H3,(H,22,23,26). The van der Waals surface area contributed by atoms with Crippen molar-refractivity contribution in [1.29, 1.82) is 0 Å². The number of anilines is 1. The van der Waals surface area contributed by atoms with Crippen molar-refractivity contribution in [3.63, 3.8) is 0 Å². The van der Waals surface area contributed by atoms with Gasteiger partial charge in [0.1, 0.15) is 0 Å². The molecule has 29 heavy (non-hydrogen) atoms. The number of rotatable bonds is 6. The second-order valence-corrected chi connectivity index (χ2v) is 8.69. The largest absolute Gasteiger partial charge is 0.355 e. The van der Waals surface area contributed by atoms with Crippen LogP contribution in [0.1, 0.15) is 27.2 Å². The summed E-state index contributed by atoms with van der Waals surface area (Å²) in [6, 6.07) is 17.5. The van der Waals surface area contributed by atoms with Crippen LogP contribution in [0.3, 0.4) is 0 Å². The van der Waals surface area contributed by atoms with Crippen LogP contribution in [-0.2, 0) is 5.75 Å². The van der Waals surface area contributed by atoms with Crippen molar-refractivity contribution in [2.24, 2.45) is 0 Å². The molecule has 0 saturated carbocycles. The third kappa shape index (κ3) is 4.72. The maximum absolute atomic E-state index is 12.4. The first-order chi connectivity index (χ1) is 14.1. The van der Waals surface area contributed by atoms with Crippen LogP contribution in [0.2, 0.25) is 0 Å². The number of hydrogen-bond acceptors (Lipinski definition) is 7. The number of hydrogen-bond donors (Lipinski definition) is 1. The summed E-state index contributed by atoms with van der Waals surface area (Å²) in [6.07, 6.45) is 0. The normalized spacial score (nSPS) is 10.8. The first-order valence-electron chi connectivity index (χ1n) is 8.94. The van der Waals surface area contributed by atoms with E-state index in [0.29, 0.717) is 10.9 Å². The predicted octanol–water partition coefficient (Wildman–Crippen LogP) is 5.35. The molecule has 2 heterocycles. The first kappa shape index (κ1) is 19.4. The molecule has 0 aliphatic rings. The van der Waals surface area contributed by atoms with Crippen molar-refractivity contribution < 1.29 is 9.32 Å². The molecule has 4 aromatic rings. The van der Waals surface area contributed by atoms with E-state index in [2.05, 4.69) is 52.7 Å². The van der Waals surface area contributed by atoms with E-state index in [9.17, 15) is 4.79 Å². The summed E-state index contributed by atoms with van der Waals surface area (Å²) in [7, 11) is 0. The minimum atomic E-state index is -0.377. The maximum atomic E-state index is 12.4. The average Bonchev–Trinajstić information content (AvgIpc) is 3.39. The molecule has 4 rings (SSSR count). The summed E-state index contributed by atoms with van der Waals surface area (Å²) in [5, 5.41) is 15.2. The van der Waals surface area contributed by atoms with Gasteiger partial charge in [0.05, 0.1) is 0 Å². The average molecular weight is 423 g/mol. The molecule has 0 aliphatic heterocycles. The van der Waals surface area contributed by atoms with E-state index in [-0.39, 0.29) is 11.6 Å². The molecule has 0 atom stereocenters. The van der Waals surface area contributed by atoms with Crippen LogP contribution in [-0.4, -0.2) is 21.3 Å². The van der Waals surface area contributed by atoms with Gasteiger partial charge < -0.3 is 4.52 Å². The molecule has 0 radical (unpaired) electrons. The molecular weight excluding hydrogens is 404 g/mol. The molecule has 0 unspecified atom stereocenters. The summed E-state index contributed by atoms with van der Waals surface area (Å²) >= 11 is 2.94. The highest BCUT2D eigenvalue weighted by molar-refractivity contribution is 8.00. The lowest BCUT2D eigenvalue weighted by molar-refractivity contribution is 0.101. The van der Waals surface area contributed by atoms with Crippen molar-refractivity contribution in [3.05, 3.63) is 77.0 Å². The van der Waals surface area contributed by atoms with Gasteiger partial charge in [0, 0.05) is 17.4 Å². The summed E-state index contributed by atoms with van der Waals surface area (Å²) in [5.74, 6) is 0.968. The van der Waals surface area contributed by atoms with Gasteiger partial charge in [-0.3, -0.25) is 10.1 Å². The zero-order valence-electron chi connectivity index (χ0n) is 15.9. The van der Waals surface area contributed by atoms with Crippen molar-refractivity contribution in [1.82, 2.24) is 15.4 Å². The van der Waals surface area contributed by atoms with Crippen LogP contribution < -0.4 is 5.32 Å². The molecule has 0 saturated heterocycles. The SMILES string of the molecule is Cc1ccc(C)c(CSc2nnc(NC(=O)c3cc(-c4ccccc4)on3)s2)c1. The number of thioether (sulfide) groups is 1. The Morgan fingerprint density at radius 3 is 2.76 bits per heavy atom. The highest BCUT2D eigenvalue weighted by Gasteiger charge is 2.16. The molecule has 1 N–H and O–H groups in total. The zero-order chi connectivity index (χ0) is 20.2. The minimum Gasteiger partial charge on any atom is -0.355 e. The Morgan fingerprint density at radius 2 is 1.93 bits per heavy atom. The highest BCUT2D eigenvalue weighted by Crippen LogP contribution is 2.30. The van der Waals surface area contributed by atoms with Gasteiger partial charge in [-0.05, 0) is 25.0 Å². The van der Waals surface area contributed by atoms with E-state index in [0.717, 1.165) is 15.7 Å². The zero-order valence-corrected chi connectivity index (χ0v) is 17.5. The lowest BCUT2D eigenvalue weighted by Gasteiger charge is -2.05. The lowest BCUT2D eigenvalue weighted by atomic mass is 10.1. The van der Waals surface area contributed by atoms with Crippen LogP contribution in [0, 0.1) is 13.8 Å². The first-order valence-corrected chi connectivity index (χ1v) is 10.7. The molecule has 2 aromatic heterocycles. The van der Waals surface area contributed by atoms with Crippen LogP contribution in [0.5, 0.6) is 0 Å². The summed E-state index contributed by atoms with van der Waals surface area (Å²) in [5.41, 5.74) is 4.82. The number of aromatic nitrogens is 3. The van der Waals surface area contributed by atoms with Gasteiger partial charge in [0.2, 0.25) is 5.13 Å². The Hall–Kier alpha value is -2.97. The molecular formula is C21H18N4O2S2. The monoisotopic (exact) mass is 422 g/mol. The Balaban J connectivity index is 1.38. The van der Waals surface area contributed by atoms with E-state index in [4.69, 9.17) is 4.52 Å². The topological polar surface area (TPSA) is 80.9 Å². The molecule has 2 aromatic carbocycles. The van der Waals surface area contributed by atoms with Crippen molar-refractivity contribution in [3.8, 4) is 11.3 Å². The Bertz CT molecular complexity index is 1140. The van der Waals surface area contributed by atoms with E-state index in [1.807, 2.05) is 30.3 Å². The number of benzene rings is 2. The molecule has 146 valence electrons. The quantitative estimate of drug-likeness (QED) is 0.333. The van der Waals surface area contributed by atoms with Crippen molar-refractivity contribution >= 4 is 34.1 Å². The molecule has 6 nitrogen and oxygen atoms in total. The van der Waals surface area contributed by atoms with Gasteiger partial charge >= 0.3 is 0 Å². The summed E-state index contributed by atoms with van der Waals surface area (Å²) in [4.78, 5) is 12.4. The second-order valence-electron chi connectivity index (χ2n) is 6.49. The van der Waals surface area contributed by atoms with Crippen LogP contribution in [0.4, 0.5) is 5.13 Å². The van der Waals surface area contributed by atoms with E-state index < -0.39 is 0 Å². The smallest absolute Gasteiger partial charge is 0.279 e. The number of carbonyl (C=O) groups excluding carboxylic acids is 1. The van der Waals surface area contributed by atoms with Gasteiger partial charge in [-0.2, -0.15) is 0 Å². The molecule has 0 bridgehead atoms. The molecule has 1 amide bonds. The summed E-state index contributed by atoms with van der Waals surface area (Å²) in [6.45, 7) is 4.18. The maximum Gasteiger partial charge on any atom is 0.279 e. The van der Waals surface area contributed by atoms with Crippen LogP contribution in [0.25, 0.3) is 11.3 Å². The summed E-state index contributed by atoms with van der Waals surface area (Å²) < 4.78 is 6.07. The van der Waals surface area contributed by atoms with Gasteiger partial charge in [0.25, 0.3) is 5.91 Å². The number of nitrogens with zero attached hydrogens (tertiary/aromatic N) is 3. The number of amides is 1. The van der Waals surface area contributed by atoms with Crippen LogP contribution >= 0.6 is 23.1 Å². The van der Waals surface area contributed by atoms with Crippen molar-refractivity contribution in [2.45, 2.75) is 23.9 Å². The fourth-order valence-corrected chi connectivity index (χ4v) is 4.51. The molecule has 0 spiro atoms. The number of aryl methyl sites for hydroxylation is 2. The predicted molar refractivity (Wildman–Crippen MR) is 115 cm³/mol. The number of carbonyl (C=O) groups is 1. The number of nitrogens with one attached hydrogen (secondary N) is 1. The van der Waals surface area contributed by atoms with E-state index in [1.165, 1.54) is 28.0 Å². The third-order valence-electron chi connectivity index (χ3n) is 4.28. The van der Waals surface area contributed by atoms with Crippen LogP contribution in [0.15, 0.2) is 63.5 Å². The molecule has 0 aliphatic carbocycles. The minimum absolute atomic E-state index is 0.198. The highest BCUT2D eigenvalue weighted by atomic mass is 32.2. The fraction of sp³-hybridized carbons (Fsp3) is 0.143. The van der Waals surface area contributed by atoms with Gasteiger partial charge in [-0.25, -0.2) is 0 Å². The Labute approximate surface area is 176 Å². The Morgan fingerprint density at radius 1 is 1.10 bits per heavy atom. The molecule has 8 heteroatoms. The lowest BCUT2D eigenvalue weighted by Crippen LogP contribution is -2.11. The van der Waals surface area contributed by atoms with Gasteiger partial charge in [0.15, 0.2) is 15.8 Å². The Kier molecular flexibility index (Phi) is 5.73. The van der Waals surface area contributed by atoms with E-state index in [1.54, 1.807) is 17.8 Å². The van der Waals surface area contributed by atoms with E-state index >= 15 is 0 Å².